The Balaban J connectivity index is 2.39. The number of rotatable bonds is 4. The quantitative estimate of drug-likeness (QED) is 0.656. The lowest BCUT2D eigenvalue weighted by Crippen LogP contribution is -2.28. The Labute approximate surface area is 112 Å². The number of nitrogens with two attached hydrogens (primary N) is 1. The zero-order valence-electron chi connectivity index (χ0n) is 11.0. The molecule has 0 aliphatic heterocycles. The van der Waals surface area contributed by atoms with E-state index in [1.54, 1.807) is 12.1 Å². The molecule has 1 atom stereocenters. The van der Waals surface area contributed by atoms with Crippen LogP contribution < -0.4 is 16.0 Å². The number of aryl methyl sites for hydroxylation is 1. The van der Waals surface area contributed by atoms with Crippen LogP contribution in [0.3, 0.4) is 0 Å². The third kappa shape index (κ3) is 2.92. The van der Waals surface area contributed by atoms with Crippen molar-refractivity contribution in [2.45, 2.75) is 13.0 Å². The zero-order chi connectivity index (χ0) is 13.8. The van der Waals surface area contributed by atoms with Gasteiger partial charge in [0.1, 0.15) is 0 Å². The summed E-state index contributed by atoms with van der Waals surface area (Å²) in [5, 5.41) is 0. The Morgan fingerprint density at radius 3 is 2.32 bits per heavy atom. The van der Waals surface area contributed by atoms with E-state index < -0.39 is 0 Å². The summed E-state index contributed by atoms with van der Waals surface area (Å²) in [5.41, 5.74) is 5.79. The van der Waals surface area contributed by atoms with Gasteiger partial charge < -0.3 is 4.74 Å². The van der Waals surface area contributed by atoms with E-state index in [1.165, 1.54) is 18.7 Å². The first-order valence-electron chi connectivity index (χ1n) is 6.02. The highest BCUT2D eigenvalue weighted by molar-refractivity contribution is 5.38. The Morgan fingerprint density at radius 1 is 1.11 bits per heavy atom. The number of methoxy groups -OCH3 is 1. The third-order valence-corrected chi connectivity index (χ3v) is 3.09. The molecule has 2 rings (SSSR count). The summed E-state index contributed by atoms with van der Waals surface area (Å²) >= 11 is 0. The molecule has 2 aromatic rings. The molecular weight excluding hydrogens is 243 g/mol. The molecule has 3 N–H and O–H groups in total. The highest BCUT2D eigenvalue weighted by Crippen LogP contribution is 2.26. The molecule has 0 saturated heterocycles. The summed E-state index contributed by atoms with van der Waals surface area (Å²) in [7, 11) is 1.44. The Kier molecular flexibility index (Phi) is 4.14. The number of ether oxygens (including phenoxy) is 1. The van der Waals surface area contributed by atoms with Gasteiger partial charge in [0.05, 0.1) is 13.2 Å². The van der Waals surface area contributed by atoms with Crippen LogP contribution in [0.15, 0.2) is 42.5 Å². The SMILES string of the molecule is COc1cc(C(NN)c2ccc(C)cc2)ccc1F. The number of hydrogen-bond acceptors (Lipinski definition) is 3. The maximum absolute atomic E-state index is 13.4. The van der Waals surface area contributed by atoms with E-state index in [0.717, 1.165) is 11.1 Å². The van der Waals surface area contributed by atoms with Gasteiger partial charge in [-0.1, -0.05) is 35.9 Å². The fraction of sp³-hybridized carbons (Fsp3) is 0.200. The van der Waals surface area contributed by atoms with Crippen LogP contribution in [0.5, 0.6) is 5.75 Å². The highest BCUT2D eigenvalue weighted by Gasteiger charge is 2.14. The highest BCUT2D eigenvalue weighted by atomic mass is 19.1. The lowest BCUT2D eigenvalue weighted by Gasteiger charge is -2.18. The van der Waals surface area contributed by atoms with Gasteiger partial charge in [0.25, 0.3) is 0 Å². The van der Waals surface area contributed by atoms with Crippen LogP contribution in [0.1, 0.15) is 22.7 Å². The molecule has 0 heterocycles. The normalized spacial score (nSPS) is 12.2. The second-order valence-corrected chi connectivity index (χ2v) is 4.40. The van der Waals surface area contributed by atoms with Crippen molar-refractivity contribution in [3.05, 3.63) is 65.0 Å². The molecule has 0 bridgehead atoms. The molecule has 0 aliphatic rings. The first kappa shape index (κ1) is 13.5. The van der Waals surface area contributed by atoms with E-state index in [-0.39, 0.29) is 17.6 Å². The average Bonchev–Trinajstić information content (AvgIpc) is 2.43. The zero-order valence-corrected chi connectivity index (χ0v) is 11.0. The van der Waals surface area contributed by atoms with Crippen molar-refractivity contribution < 1.29 is 9.13 Å². The van der Waals surface area contributed by atoms with Gasteiger partial charge in [-0.15, -0.1) is 0 Å². The van der Waals surface area contributed by atoms with E-state index in [1.807, 2.05) is 31.2 Å². The predicted molar refractivity (Wildman–Crippen MR) is 73.3 cm³/mol. The first-order chi connectivity index (χ1) is 9.15. The average molecular weight is 260 g/mol. The minimum absolute atomic E-state index is 0.199. The van der Waals surface area contributed by atoms with E-state index in [9.17, 15) is 4.39 Å². The van der Waals surface area contributed by atoms with Gasteiger partial charge in [-0.2, -0.15) is 0 Å². The standard InChI is InChI=1S/C15H17FN2O/c1-10-3-5-11(6-4-10)15(18-17)12-7-8-13(16)14(9-12)19-2/h3-9,15,18H,17H2,1-2H3. The largest absolute Gasteiger partial charge is 0.494 e. The third-order valence-electron chi connectivity index (χ3n) is 3.09. The molecule has 2 aromatic carbocycles. The van der Waals surface area contributed by atoms with E-state index in [0.29, 0.717) is 0 Å². The minimum Gasteiger partial charge on any atom is -0.494 e. The molecule has 100 valence electrons. The van der Waals surface area contributed by atoms with Crippen molar-refractivity contribution in [3.8, 4) is 5.75 Å². The molecule has 0 radical (unpaired) electrons. The monoisotopic (exact) mass is 260 g/mol. The van der Waals surface area contributed by atoms with E-state index >= 15 is 0 Å². The Hall–Kier alpha value is -1.91. The summed E-state index contributed by atoms with van der Waals surface area (Å²) in [6.07, 6.45) is 0. The fourth-order valence-corrected chi connectivity index (χ4v) is 2.00. The van der Waals surface area contributed by atoms with Crippen molar-refractivity contribution in [1.82, 2.24) is 5.43 Å². The second kappa shape index (κ2) is 5.82. The van der Waals surface area contributed by atoms with Crippen molar-refractivity contribution >= 4 is 0 Å². The lowest BCUT2D eigenvalue weighted by atomic mass is 9.98. The maximum atomic E-state index is 13.4. The molecular formula is C15H17FN2O. The van der Waals surface area contributed by atoms with Crippen molar-refractivity contribution in [2.75, 3.05) is 7.11 Å². The molecule has 19 heavy (non-hydrogen) atoms. The Morgan fingerprint density at radius 2 is 1.74 bits per heavy atom. The van der Waals surface area contributed by atoms with E-state index in [4.69, 9.17) is 10.6 Å². The van der Waals surface area contributed by atoms with Crippen LogP contribution in [0.25, 0.3) is 0 Å². The summed E-state index contributed by atoms with van der Waals surface area (Å²) < 4.78 is 18.4. The molecule has 0 fully saturated rings. The summed E-state index contributed by atoms with van der Waals surface area (Å²) in [4.78, 5) is 0. The number of nitrogens with one attached hydrogen (secondary N) is 1. The number of halogens is 1. The van der Waals surface area contributed by atoms with E-state index in [2.05, 4.69) is 5.43 Å². The van der Waals surface area contributed by atoms with Gasteiger partial charge in [0.2, 0.25) is 0 Å². The summed E-state index contributed by atoms with van der Waals surface area (Å²) in [6.45, 7) is 2.02. The molecule has 0 saturated carbocycles. The van der Waals surface area contributed by atoms with Gasteiger partial charge in [-0.05, 0) is 30.2 Å². The maximum Gasteiger partial charge on any atom is 0.165 e. The molecule has 0 aromatic heterocycles. The molecule has 1 unspecified atom stereocenters. The van der Waals surface area contributed by atoms with Crippen LogP contribution in [-0.4, -0.2) is 7.11 Å². The molecule has 4 heteroatoms. The topological polar surface area (TPSA) is 47.3 Å². The molecule has 0 aliphatic carbocycles. The number of hydrogen-bond donors (Lipinski definition) is 2. The van der Waals surface area contributed by atoms with Gasteiger partial charge in [-0.3, -0.25) is 5.84 Å². The minimum atomic E-state index is -0.383. The predicted octanol–water partition coefficient (Wildman–Crippen LogP) is 2.70. The Bertz CT molecular complexity index is 555. The van der Waals surface area contributed by atoms with Crippen molar-refractivity contribution in [2.24, 2.45) is 5.84 Å². The molecule has 0 amide bonds. The van der Waals surface area contributed by atoms with Crippen LogP contribution in [-0.2, 0) is 0 Å². The van der Waals surface area contributed by atoms with Crippen LogP contribution >= 0.6 is 0 Å². The van der Waals surface area contributed by atoms with Crippen LogP contribution in [0, 0.1) is 12.7 Å². The van der Waals surface area contributed by atoms with Crippen molar-refractivity contribution in [3.63, 3.8) is 0 Å². The smallest absolute Gasteiger partial charge is 0.165 e. The lowest BCUT2D eigenvalue weighted by molar-refractivity contribution is 0.385. The molecule has 3 nitrogen and oxygen atoms in total. The van der Waals surface area contributed by atoms with Gasteiger partial charge in [0, 0.05) is 0 Å². The first-order valence-corrected chi connectivity index (χ1v) is 6.02. The summed E-state index contributed by atoms with van der Waals surface area (Å²) in [6, 6.07) is 12.6. The van der Waals surface area contributed by atoms with Gasteiger partial charge in [-0.25, -0.2) is 9.82 Å². The fourth-order valence-electron chi connectivity index (χ4n) is 2.00. The van der Waals surface area contributed by atoms with Crippen LogP contribution in [0.2, 0.25) is 0 Å². The second-order valence-electron chi connectivity index (χ2n) is 4.40. The number of benzene rings is 2. The van der Waals surface area contributed by atoms with Crippen LogP contribution in [0.4, 0.5) is 4.39 Å². The van der Waals surface area contributed by atoms with Gasteiger partial charge >= 0.3 is 0 Å². The summed E-state index contributed by atoms with van der Waals surface area (Å²) in [5.74, 6) is 5.45. The number of hydrazine groups is 1. The van der Waals surface area contributed by atoms with Crippen molar-refractivity contribution in [1.29, 1.82) is 0 Å². The van der Waals surface area contributed by atoms with Gasteiger partial charge in [0.15, 0.2) is 11.6 Å². The molecule has 0 spiro atoms.